The molecule has 0 saturated carbocycles. The number of thiazole rings is 1. The van der Waals surface area contributed by atoms with Crippen LogP contribution in [-0.2, 0) is 0 Å². The second-order valence-corrected chi connectivity index (χ2v) is 4.61. The van der Waals surface area contributed by atoms with Gasteiger partial charge in [0.15, 0.2) is 0 Å². The Hall–Kier alpha value is -0.450. The van der Waals surface area contributed by atoms with E-state index in [0.29, 0.717) is 12.6 Å². The predicted molar refractivity (Wildman–Crippen MR) is 64.1 cm³/mol. The van der Waals surface area contributed by atoms with E-state index in [1.54, 1.807) is 11.3 Å². The molecule has 1 aromatic heterocycles. The molecule has 4 heteroatoms. The van der Waals surface area contributed by atoms with Crippen LogP contribution >= 0.6 is 11.3 Å². The highest BCUT2D eigenvalue weighted by molar-refractivity contribution is 7.09. The van der Waals surface area contributed by atoms with Crippen LogP contribution in [0, 0.1) is 0 Å². The second kappa shape index (κ2) is 7.79. The van der Waals surface area contributed by atoms with Gasteiger partial charge in [-0.2, -0.15) is 0 Å². The number of aromatic nitrogens is 1. The lowest BCUT2D eigenvalue weighted by atomic mass is 10.2. The van der Waals surface area contributed by atoms with E-state index in [1.807, 2.05) is 11.6 Å². The minimum Gasteiger partial charge on any atom is -0.396 e. The summed E-state index contributed by atoms with van der Waals surface area (Å²) in [5.74, 6) is 0. The molecule has 1 atom stereocenters. The Bertz CT molecular complexity index is 239. The SMILES string of the molecule is CC(NCCCCCCO)c1nccs1. The molecule has 0 saturated heterocycles. The third-order valence-corrected chi connectivity index (χ3v) is 3.32. The van der Waals surface area contributed by atoms with E-state index in [0.717, 1.165) is 24.4 Å². The van der Waals surface area contributed by atoms with Crippen LogP contribution in [0.3, 0.4) is 0 Å². The number of hydrogen-bond donors (Lipinski definition) is 2. The molecule has 0 aliphatic carbocycles. The van der Waals surface area contributed by atoms with Crippen LogP contribution in [0.4, 0.5) is 0 Å². The zero-order chi connectivity index (χ0) is 10.9. The first-order valence-electron chi connectivity index (χ1n) is 5.58. The zero-order valence-corrected chi connectivity index (χ0v) is 10.1. The maximum Gasteiger partial charge on any atom is 0.109 e. The molecule has 0 radical (unpaired) electrons. The molecule has 1 aromatic rings. The lowest BCUT2D eigenvalue weighted by Gasteiger charge is -2.10. The van der Waals surface area contributed by atoms with Gasteiger partial charge in [0.2, 0.25) is 0 Å². The Kier molecular flexibility index (Phi) is 6.55. The maximum atomic E-state index is 8.61. The van der Waals surface area contributed by atoms with Crippen molar-refractivity contribution in [3.8, 4) is 0 Å². The van der Waals surface area contributed by atoms with Crippen LogP contribution < -0.4 is 5.32 Å². The van der Waals surface area contributed by atoms with Gasteiger partial charge in [-0.1, -0.05) is 12.8 Å². The number of unbranched alkanes of at least 4 members (excludes halogenated alkanes) is 3. The monoisotopic (exact) mass is 228 g/mol. The molecule has 0 aromatic carbocycles. The van der Waals surface area contributed by atoms with Crippen LogP contribution in [0.1, 0.15) is 43.7 Å². The Morgan fingerprint density at radius 2 is 2.20 bits per heavy atom. The summed E-state index contributed by atoms with van der Waals surface area (Å²) in [6, 6.07) is 0.364. The largest absolute Gasteiger partial charge is 0.396 e. The molecule has 0 fully saturated rings. The van der Waals surface area contributed by atoms with E-state index >= 15 is 0 Å². The smallest absolute Gasteiger partial charge is 0.109 e. The maximum absolute atomic E-state index is 8.61. The summed E-state index contributed by atoms with van der Waals surface area (Å²) in [5.41, 5.74) is 0. The molecule has 15 heavy (non-hydrogen) atoms. The fourth-order valence-electron chi connectivity index (χ4n) is 1.44. The van der Waals surface area contributed by atoms with Crippen molar-refractivity contribution >= 4 is 11.3 Å². The molecule has 1 heterocycles. The molecule has 0 bridgehead atoms. The van der Waals surface area contributed by atoms with E-state index in [1.165, 1.54) is 12.8 Å². The molecular formula is C11H20N2OS. The molecule has 0 amide bonds. The van der Waals surface area contributed by atoms with Crippen LogP contribution in [0.25, 0.3) is 0 Å². The Morgan fingerprint density at radius 3 is 2.87 bits per heavy atom. The third kappa shape index (κ3) is 5.25. The van der Waals surface area contributed by atoms with E-state index in [2.05, 4.69) is 17.2 Å². The topological polar surface area (TPSA) is 45.1 Å². The van der Waals surface area contributed by atoms with Gasteiger partial charge in [0.05, 0.1) is 6.04 Å². The number of nitrogens with one attached hydrogen (secondary N) is 1. The Balaban J connectivity index is 2.00. The minimum atomic E-state index is 0.322. The first-order valence-corrected chi connectivity index (χ1v) is 6.46. The molecule has 0 spiro atoms. The lowest BCUT2D eigenvalue weighted by molar-refractivity contribution is 0.282. The standard InChI is InChI=1S/C11H20N2OS/c1-10(11-13-7-9-15-11)12-6-4-2-3-5-8-14/h7,9-10,12,14H,2-6,8H2,1H3. The molecule has 3 nitrogen and oxygen atoms in total. The van der Waals surface area contributed by atoms with Gasteiger partial charge in [0.1, 0.15) is 5.01 Å². The number of aliphatic hydroxyl groups excluding tert-OH is 1. The van der Waals surface area contributed by atoms with Gasteiger partial charge in [0, 0.05) is 18.2 Å². The van der Waals surface area contributed by atoms with Crippen LogP contribution in [0.5, 0.6) is 0 Å². The quantitative estimate of drug-likeness (QED) is 0.671. The molecule has 0 aliphatic rings. The number of hydrogen-bond acceptors (Lipinski definition) is 4. The van der Waals surface area contributed by atoms with E-state index in [-0.39, 0.29) is 0 Å². The van der Waals surface area contributed by atoms with Crippen molar-refractivity contribution in [2.24, 2.45) is 0 Å². The fraction of sp³-hybridized carbons (Fsp3) is 0.727. The van der Waals surface area contributed by atoms with E-state index in [9.17, 15) is 0 Å². The first-order chi connectivity index (χ1) is 7.34. The zero-order valence-electron chi connectivity index (χ0n) is 9.28. The average Bonchev–Trinajstić information content (AvgIpc) is 2.76. The van der Waals surface area contributed by atoms with Crippen LogP contribution in [0.15, 0.2) is 11.6 Å². The summed E-state index contributed by atoms with van der Waals surface area (Å²) >= 11 is 1.70. The van der Waals surface area contributed by atoms with Crippen molar-refractivity contribution in [1.82, 2.24) is 10.3 Å². The highest BCUT2D eigenvalue weighted by Gasteiger charge is 2.05. The molecule has 1 unspecified atom stereocenters. The molecule has 2 N–H and O–H groups in total. The van der Waals surface area contributed by atoms with Gasteiger partial charge in [-0.25, -0.2) is 4.98 Å². The fourth-order valence-corrected chi connectivity index (χ4v) is 2.11. The summed E-state index contributed by atoms with van der Waals surface area (Å²) in [5, 5.41) is 15.2. The summed E-state index contributed by atoms with van der Waals surface area (Å²) in [6.45, 7) is 3.50. The van der Waals surface area contributed by atoms with E-state index in [4.69, 9.17) is 5.11 Å². The van der Waals surface area contributed by atoms with Crippen LogP contribution in [0.2, 0.25) is 0 Å². The first kappa shape index (κ1) is 12.6. The van der Waals surface area contributed by atoms with Crippen molar-refractivity contribution < 1.29 is 5.11 Å². The molecule has 1 rings (SSSR count). The van der Waals surface area contributed by atoms with Gasteiger partial charge in [-0.3, -0.25) is 0 Å². The van der Waals surface area contributed by atoms with E-state index < -0.39 is 0 Å². The predicted octanol–water partition coefficient (Wildman–Crippen LogP) is 2.35. The summed E-state index contributed by atoms with van der Waals surface area (Å²) in [7, 11) is 0. The number of rotatable bonds is 8. The van der Waals surface area contributed by atoms with Crippen molar-refractivity contribution in [1.29, 1.82) is 0 Å². The summed E-state index contributed by atoms with van der Waals surface area (Å²) < 4.78 is 0. The van der Waals surface area contributed by atoms with Crippen molar-refractivity contribution in [3.05, 3.63) is 16.6 Å². The number of aliphatic hydroxyl groups is 1. The van der Waals surface area contributed by atoms with Gasteiger partial charge in [-0.05, 0) is 26.3 Å². The van der Waals surface area contributed by atoms with Crippen molar-refractivity contribution in [3.63, 3.8) is 0 Å². The highest BCUT2D eigenvalue weighted by atomic mass is 32.1. The van der Waals surface area contributed by atoms with Crippen molar-refractivity contribution in [2.45, 2.75) is 38.6 Å². The van der Waals surface area contributed by atoms with Gasteiger partial charge in [-0.15, -0.1) is 11.3 Å². The third-order valence-electron chi connectivity index (χ3n) is 2.36. The van der Waals surface area contributed by atoms with Gasteiger partial charge >= 0.3 is 0 Å². The Labute approximate surface area is 95.6 Å². The molecule has 0 aliphatic heterocycles. The normalized spacial score (nSPS) is 12.9. The van der Waals surface area contributed by atoms with Crippen molar-refractivity contribution in [2.75, 3.05) is 13.2 Å². The lowest BCUT2D eigenvalue weighted by Crippen LogP contribution is -2.19. The molecule has 86 valence electrons. The highest BCUT2D eigenvalue weighted by Crippen LogP contribution is 2.14. The molecular weight excluding hydrogens is 208 g/mol. The van der Waals surface area contributed by atoms with Crippen LogP contribution in [-0.4, -0.2) is 23.2 Å². The second-order valence-electron chi connectivity index (χ2n) is 3.68. The average molecular weight is 228 g/mol. The summed E-state index contributed by atoms with van der Waals surface area (Å²) in [4.78, 5) is 4.27. The number of nitrogens with zero attached hydrogens (tertiary/aromatic N) is 1. The van der Waals surface area contributed by atoms with Gasteiger partial charge < -0.3 is 10.4 Å². The Morgan fingerprint density at radius 1 is 1.40 bits per heavy atom. The van der Waals surface area contributed by atoms with Gasteiger partial charge in [0.25, 0.3) is 0 Å². The minimum absolute atomic E-state index is 0.322. The summed E-state index contributed by atoms with van der Waals surface area (Å²) in [6.07, 6.45) is 6.28.